The third-order valence-electron chi connectivity index (χ3n) is 1.61. The van der Waals surface area contributed by atoms with Crippen molar-refractivity contribution in [3.8, 4) is 0 Å². The van der Waals surface area contributed by atoms with Crippen molar-refractivity contribution >= 4 is 46.3 Å². The fraction of sp³-hybridized carbons (Fsp3) is 0.111. The number of rotatable bonds is 2. The van der Waals surface area contributed by atoms with Crippen molar-refractivity contribution < 1.29 is 9.59 Å². The lowest BCUT2D eigenvalue weighted by atomic mass is 10.1. The maximum Gasteiger partial charge on any atom is 0.162 e. The Balaban J connectivity index is 3.52. The lowest BCUT2D eigenvalue weighted by Gasteiger charge is -2.04. The number of aldehydes is 1. The summed E-state index contributed by atoms with van der Waals surface area (Å²) in [5.41, 5.74) is 0.684. The van der Waals surface area contributed by atoms with E-state index in [2.05, 4.69) is 0 Å². The highest BCUT2D eigenvalue weighted by Crippen LogP contribution is 2.23. The van der Waals surface area contributed by atoms with Gasteiger partial charge in [-0.15, -0.1) is 0 Å². The Morgan fingerprint density at radius 3 is 2.54 bits per heavy atom. The summed E-state index contributed by atoms with van der Waals surface area (Å²) in [5, 5.41) is 0.329. The van der Waals surface area contributed by atoms with Crippen molar-refractivity contribution in [2.75, 3.05) is 0 Å². The Kier molecular flexibility index (Phi) is 3.44. The molecule has 0 aliphatic carbocycles. The van der Waals surface area contributed by atoms with Crippen LogP contribution in [0.4, 0.5) is 0 Å². The standard InChI is InChI=1S/C9H6ClIO2/c1-5(13)9-6(4-12)8(11)3-2-7(9)10/h2-4H,1H3. The molecule has 68 valence electrons. The molecule has 0 N–H and O–H groups in total. The van der Waals surface area contributed by atoms with E-state index in [9.17, 15) is 9.59 Å². The Labute approximate surface area is 94.4 Å². The zero-order valence-corrected chi connectivity index (χ0v) is 9.72. The van der Waals surface area contributed by atoms with Gasteiger partial charge in [0.2, 0.25) is 0 Å². The molecule has 0 saturated carbocycles. The maximum absolute atomic E-state index is 11.2. The zero-order valence-electron chi connectivity index (χ0n) is 6.80. The Morgan fingerprint density at radius 2 is 2.15 bits per heavy atom. The quantitative estimate of drug-likeness (QED) is 0.478. The first-order valence-corrected chi connectivity index (χ1v) is 4.97. The predicted molar refractivity (Wildman–Crippen MR) is 59.6 cm³/mol. The molecule has 0 atom stereocenters. The summed E-state index contributed by atoms with van der Waals surface area (Å²) in [5.74, 6) is -0.189. The van der Waals surface area contributed by atoms with Crippen LogP contribution in [0.1, 0.15) is 27.6 Å². The number of ketones is 1. The van der Waals surface area contributed by atoms with Crippen LogP contribution < -0.4 is 0 Å². The Hall–Kier alpha value is -0.420. The van der Waals surface area contributed by atoms with E-state index in [1.807, 2.05) is 22.6 Å². The third kappa shape index (κ3) is 2.08. The monoisotopic (exact) mass is 308 g/mol. The van der Waals surface area contributed by atoms with Crippen LogP contribution in [0.15, 0.2) is 12.1 Å². The molecule has 0 aliphatic heterocycles. The largest absolute Gasteiger partial charge is 0.298 e. The van der Waals surface area contributed by atoms with Gasteiger partial charge in [-0.3, -0.25) is 9.59 Å². The fourth-order valence-corrected chi connectivity index (χ4v) is 1.92. The number of hydrogen-bond donors (Lipinski definition) is 0. The second-order valence-corrected chi connectivity index (χ2v) is 4.06. The van der Waals surface area contributed by atoms with Crippen molar-refractivity contribution in [2.24, 2.45) is 0 Å². The minimum absolute atomic E-state index is 0.189. The number of halogens is 2. The first kappa shape index (κ1) is 10.7. The number of carbonyl (C=O) groups excluding carboxylic acids is 2. The molecule has 0 spiro atoms. The molecule has 0 radical (unpaired) electrons. The molecule has 1 aromatic carbocycles. The second-order valence-electron chi connectivity index (χ2n) is 2.49. The van der Waals surface area contributed by atoms with Gasteiger partial charge < -0.3 is 0 Å². The molecule has 1 aromatic rings. The third-order valence-corrected chi connectivity index (χ3v) is 2.87. The van der Waals surface area contributed by atoms with Gasteiger partial charge in [0.15, 0.2) is 12.1 Å². The molecule has 0 saturated heterocycles. The van der Waals surface area contributed by atoms with Gasteiger partial charge in [-0.1, -0.05) is 11.6 Å². The Morgan fingerprint density at radius 1 is 1.54 bits per heavy atom. The molecular weight excluding hydrogens is 302 g/mol. The molecule has 2 nitrogen and oxygen atoms in total. The fourth-order valence-electron chi connectivity index (χ4n) is 1.04. The minimum atomic E-state index is -0.189. The topological polar surface area (TPSA) is 34.1 Å². The van der Waals surface area contributed by atoms with Gasteiger partial charge in [0.1, 0.15) is 0 Å². The van der Waals surface area contributed by atoms with Gasteiger partial charge in [-0.25, -0.2) is 0 Å². The molecule has 0 heterocycles. The van der Waals surface area contributed by atoms with Gasteiger partial charge in [-0.05, 0) is 41.6 Å². The summed E-state index contributed by atoms with van der Waals surface area (Å²) < 4.78 is 0.738. The smallest absolute Gasteiger partial charge is 0.162 e. The average molecular weight is 309 g/mol. The summed E-state index contributed by atoms with van der Waals surface area (Å²) in [7, 11) is 0. The summed E-state index contributed by atoms with van der Waals surface area (Å²) in [6.07, 6.45) is 0.657. The summed E-state index contributed by atoms with van der Waals surface area (Å²) in [6.45, 7) is 1.39. The van der Waals surface area contributed by atoms with E-state index in [0.717, 1.165) is 3.57 Å². The zero-order chi connectivity index (χ0) is 10.0. The lowest BCUT2D eigenvalue weighted by molar-refractivity contribution is 0.100. The number of Topliss-reactive ketones (excluding diaryl/α,β-unsaturated/α-hetero) is 1. The van der Waals surface area contributed by atoms with Gasteiger partial charge in [0.05, 0.1) is 5.02 Å². The Bertz CT molecular complexity index is 374. The van der Waals surface area contributed by atoms with Crippen molar-refractivity contribution in [3.05, 3.63) is 31.9 Å². The van der Waals surface area contributed by atoms with Crippen LogP contribution in [0.25, 0.3) is 0 Å². The lowest BCUT2D eigenvalue weighted by Crippen LogP contribution is -2.02. The molecule has 0 unspecified atom stereocenters. The summed E-state index contributed by atoms with van der Waals surface area (Å²) in [4.78, 5) is 21.8. The van der Waals surface area contributed by atoms with E-state index in [4.69, 9.17) is 11.6 Å². The highest BCUT2D eigenvalue weighted by molar-refractivity contribution is 14.1. The maximum atomic E-state index is 11.2. The molecular formula is C9H6ClIO2. The summed E-state index contributed by atoms with van der Waals surface area (Å²) in [6, 6.07) is 3.33. The van der Waals surface area contributed by atoms with E-state index in [0.29, 0.717) is 22.4 Å². The molecule has 0 aromatic heterocycles. The average Bonchev–Trinajstić information content (AvgIpc) is 2.07. The molecule has 0 amide bonds. The van der Waals surface area contributed by atoms with E-state index in [-0.39, 0.29) is 5.78 Å². The molecule has 4 heteroatoms. The first-order chi connectivity index (χ1) is 6.07. The highest BCUT2D eigenvalue weighted by Gasteiger charge is 2.13. The molecule has 13 heavy (non-hydrogen) atoms. The normalized spacial score (nSPS) is 9.77. The van der Waals surface area contributed by atoms with Crippen molar-refractivity contribution in [3.63, 3.8) is 0 Å². The van der Waals surface area contributed by atoms with Crippen LogP contribution in [0.5, 0.6) is 0 Å². The van der Waals surface area contributed by atoms with Crippen LogP contribution >= 0.6 is 34.2 Å². The van der Waals surface area contributed by atoms with Crippen LogP contribution in [-0.2, 0) is 0 Å². The molecule has 1 rings (SSSR count). The van der Waals surface area contributed by atoms with E-state index >= 15 is 0 Å². The van der Waals surface area contributed by atoms with Gasteiger partial charge in [0, 0.05) is 14.7 Å². The molecule has 0 bridgehead atoms. The van der Waals surface area contributed by atoms with Crippen LogP contribution in [0.2, 0.25) is 5.02 Å². The van der Waals surface area contributed by atoms with Crippen LogP contribution in [0, 0.1) is 3.57 Å². The second kappa shape index (κ2) is 4.19. The minimum Gasteiger partial charge on any atom is -0.298 e. The van der Waals surface area contributed by atoms with E-state index < -0.39 is 0 Å². The van der Waals surface area contributed by atoms with E-state index in [1.54, 1.807) is 12.1 Å². The number of hydrogen-bond acceptors (Lipinski definition) is 2. The first-order valence-electron chi connectivity index (χ1n) is 3.52. The molecule has 0 fully saturated rings. The van der Waals surface area contributed by atoms with E-state index in [1.165, 1.54) is 6.92 Å². The van der Waals surface area contributed by atoms with Gasteiger partial charge in [0.25, 0.3) is 0 Å². The van der Waals surface area contributed by atoms with Crippen molar-refractivity contribution in [1.82, 2.24) is 0 Å². The summed E-state index contributed by atoms with van der Waals surface area (Å²) >= 11 is 7.79. The van der Waals surface area contributed by atoms with Gasteiger partial charge in [-0.2, -0.15) is 0 Å². The van der Waals surface area contributed by atoms with Crippen LogP contribution in [-0.4, -0.2) is 12.1 Å². The van der Waals surface area contributed by atoms with Crippen LogP contribution in [0.3, 0.4) is 0 Å². The number of benzene rings is 1. The van der Waals surface area contributed by atoms with Crippen molar-refractivity contribution in [2.45, 2.75) is 6.92 Å². The van der Waals surface area contributed by atoms with Gasteiger partial charge >= 0.3 is 0 Å². The molecule has 0 aliphatic rings. The number of carbonyl (C=O) groups is 2. The predicted octanol–water partition coefficient (Wildman–Crippen LogP) is 2.96. The highest BCUT2D eigenvalue weighted by atomic mass is 127. The van der Waals surface area contributed by atoms with Crippen molar-refractivity contribution in [1.29, 1.82) is 0 Å². The SMILES string of the molecule is CC(=O)c1c(Cl)ccc(I)c1C=O.